The second-order valence-corrected chi connectivity index (χ2v) is 13.5. The monoisotopic (exact) mass is 628 g/mol. The Morgan fingerprint density at radius 3 is 1.90 bits per heavy atom. The zero-order chi connectivity index (χ0) is 31.3. The number of benzene rings is 8. The van der Waals surface area contributed by atoms with Crippen LogP contribution < -0.4 is 0 Å². The number of fused-ring (bicyclic) bond motifs is 14. The van der Waals surface area contributed by atoms with Crippen LogP contribution in [0.5, 0.6) is 0 Å². The fourth-order valence-corrected chi connectivity index (χ4v) is 8.63. The van der Waals surface area contributed by atoms with Crippen molar-refractivity contribution in [3.05, 3.63) is 146 Å². The molecule has 3 aromatic heterocycles. The minimum absolute atomic E-state index is 0.908. The van der Waals surface area contributed by atoms with Gasteiger partial charge in [-0.1, -0.05) is 115 Å². The lowest BCUT2D eigenvalue weighted by Gasteiger charge is -2.10. The first-order chi connectivity index (χ1) is 23.8. The Labute approximate surface area is 278 Å². The molecule has 0 bridgehead atoms. The summed E-state index contributed by atoms with van der Waals surface area (Å²) >= 11 is 1.71. The van der Waals surface area contributed by atoms with Gasteiger partial charge in [-0.25, -0.2) is 9.97 Å². The van der Waals surface area contributed by atoms with E-state index in [4.69, 9.17) is 14.4 Å². The van der Waals surface area contributed by atoms with Gasteiger partial charge in [0, 0.05) is 37.2 Å². The molecule has 8 aromatic carbocycles. The summed E-state index contributed by atoms with van der Waals surface area (Å²) in [5.74, 6) is 0. The van der Waals surface area contributed by atoms with E-state index in [0.29, 0.717) is 0 Å². The molecular weight excluding hydrogens is 605 g/mol. The molecule has 11 aromatic rings. The number of rotatable bonds is 2. The third-order valence-electron chi connectivity index (χ3n) is 9.84. The molecule has 0 unspecified atom stereocenters. The van der Waals surface area contributed by atoms with E-state index in [2.05, 4.69) is 140 Å². The molecule has 0 atom stereocenters. The summed E-state index contributed by atoms with van der Waals surface area (Å²) in [6.45, 7) is 0. The molecule has 0 aliphatic heterocycles. The topological polar surface area (TPSA) is 38.9 Å². The van der Waals surface area contributed by atoms with Crippen LogP contribution in [-0.2, 0) is 0 Å². The zero-order valence-corrected chi connectivity index (χ0v) is 26.4. The Kier molecular flexibility index (Phi) is 5.26. The maximum Gasteiger partial charge on any atom is 0.143 e. The number of para-hydroxylation sites is 1. The minimum Gasteiger partial charge on any atom is -0.455 e. The number of hydrogen-bond donors (Lipinski definition) is 0. The largest absolute Gasteiger partial charge is 0.455 e. The van der Waals surface area contributed by atoms with E-state index in [9.17, 15) is 0 Å². The zero-order valence-electron chi connectivity index (χ0n) is 25.6. The van der Waals surface area contributed by atoms with Crippen molar-refractivity contribution in [2.75, 3.05) is 0 Å². The first-order valence-corrected chi connectivity index (χ1v) is 17.0. The number of nitrogens with zero attached hydrogens (tertiary/aromatic N) is 2. The smallest absolute Gasteiger partial charge is 0.143 e. The minimum atomic E-state index is 0.908. The van der Waals surface area contributed by atoms with Gasteiger partial charge in [-0.3, -0.25) is 0 Å². The summed E-state index contributed by atoms with van der Waals surface area (Å²) in [5, 5.41) is 10.6. The van der Waals surface area contributed by atoms with Crippen LogP contribution in [-0.4, -0.2) is 9.97 Å². The van der Waals surface area contributed by atoms with Crippen molar-refractivity contribution in [2.45, 2.75) is 0 Å². The van der Waals surface area contributed by atoms with Crippen LogP contribution in [0.15, 0.2) is 150 Å². The summed E-state index contributed by atoms with van der Waals surface area (Å²) in [6, 6.07) is 51.8. The second kappa shape index (κ2) is 9.71. The van der Waals surface area contributed by atoms with Crippen LogP contribution in [0.2, 0.25) is 0 Å². The van der Waals surface area contributed by atoms with Crippen molar-refractivity contribution < 1.29 is 4.42 Å². The first-order valence-electron chi connectivity index (χ1n) is 16.2. The number of thiophene rings is 1. The lowest BCUT2D eigenvalue weighted by Crippen LogP contribution is -1.89. The van der Waals surface area contributed by atoms with Crippen LogP contribution in [0.1, 0.15) is 0 Å². The van der Waals surface area contributed by atoms with Crippen molar-refractivity contribution in [1.29, 1.82) is 0 Å². The van der Waals surface area contributed by atoms with Gasteiger partial charge in [-0.05, 0) is 68.6 Å². The molecule has 0 spiro atoms. The summed E-state index contributed by atoms with van der Waals surface area (Å²) in [6.07, 6.45) is 0. The van der Waals surface area contributed by atoms with Gasteiger partial charge >= 0.3 is 0 Å². The van der Waals surface area contributed by atoms with Crippen LogP contribution in [0.25, 0.3) is 108 Å². The van der Waals surface area contributed by atoms with Crippen molar-refractivity contribution in [3.63, 3.8) is 0 Å². The molecule has 4 heteroatoms. The van der Waals surface area contributed by atoms with Crippen molar-refractivity contribution in [3.8, 4) is 22.3 Å². The van der Waals surface area contributed by atoms with Gasteiger partial charge in [0.25, 0.3) is 0 Å². The van der Waals surface area contributed by atoms with E-state index in [0.717, 1.165) is 76.3 Å². The third kappa shape index (κ3) is 3.63. The molecule has 0 fully saturated rings. The Bertz CT molecular complexity index is 3130. The summed E-state index contributed by atoms with van der Waals surface area (Å²) in [5.41, 5.74) is 9.23. The Morgan fingerprint density at radius 2 is 1.08 bits per heavy atom. The molecule has 3 heterocycles. The van der Waals surface area contributed by atoms with Crippen molar-refractivity contribution in [1.82, 2.24) is 9.97 Å². The Balaban J connectivity index is 1.12. The van der Waals surface area contributed by atoms with Crippen LogP contribution in [0.4, 0.5) is 0 Å². The third-order valence-corrected chi connectivity index (χ3v) is 10.9. The molecule has 0 N–H and O–H groups in total. The van der Waals surface area contributed by atoms with Crippen LogP contribution in [0.3, 0.4) is 0 Å². The highest BCUT2D eigenvalue weighted by atomic mass is 32.1. The van der Waals surface area contributed by atoms with Crippen LogP contribution in [0, 0.1) is 0 Å². The molecule has 0 saturated carbocycles. The first kappa shape index (κ1) is 26.0. The van der Waals surface area contributed by atoms with E-state index < -0.39 is 0 Å². The maximum atomic E-state index is 6.57. The maximum absolute atomic E-state index is 6.57. The fraction of sp³-hybridized carbons (Fsp3) is 0. The molecule has 0 aliphatic rings. The lowest BCUT2D eigenvalue weighted by molar-refractivity contribution is 0.670. The van der Waals surface area contributed by atoms with Gasteiger partial charge in [0.1, 0.15) is 21.5 Å². The van der Waals surface area contributed by atoms with Gasteiger partial charge < -0.3 is 4.42 Å². The van der Waals surface area contributed by atoms with E-state index in [1.165, 1.54) is 31.6 Å². The number of hydrogen-bond acceptors (Lipinski definition) is 4. The number of aromatic nitrogens is 2. The molecule has 3 nitrogen and oxygen atoms in total. The summed E-state index contributed by atoms with van der Waals surface area (Å²) in [7, 11) is 0. The highest BCUT2D eigenvalue weighted by Crippen LogP contribution is 2.43. The van der Waals surface area contributed by atoms with Gasteiger partial charge in [0.2, 0.25) is 0 Å². The van der Waals surface area contributed by atoms with Gasteiger partial charge in [0.15, 0.2) is 0 Å². The van der Waals surface area contributed by atoms with E-state index in [1.807, 2.05) is 6.07 Å². The predicted octanol–water partition coefficient (Wildman–Crippen LogP) is 12.7. The van der Waals surface area contributed by atoms with Gasteiger partial charge in [-0.2, -0.15) is 0 Å². The van der Waals surface area contributed by atoms with Crippen molar-refractivity contribution in [2.24, 2.45) is 0 Å². The van der Waals surface area contributed by atoms with Crippen LogP contribution >= 0.6 is 11.3 Å². The molecule has 48 heavy (non-hydrogen) atoms. The van der Waals surface area contributed by atoms with Gasteiger partial charge in [0.05, 0.1) is 11.0 Å². The number of furan rings is 1. The molecule has 222 valence electrons. The van der Waals surface area contributed by atoms with E-state index in [-0.39, 0.29) is 0 Å². The molecular formula is C44H24N2OS. The molecule has 11 rings (SSSR count). The average Bonchev–Trinajstić information content (AvgIpc) is 3.72. The lowest BCUT2D eigenvalue weighted by atomic mass is 9.94. The fourth-order valence-electron chi connectivity index (χ4n) is 7.63. The summed E-state index contributed by atoms with van der Waals surface area (Å²) in [4.78, 5) is 11.6. The second-order valence-electron chi connectivity index (χ2n) is 12.5. The highest BCUT2D eigenvalue weighted by molar-refractivity contribution is 7.25. The van der Waals surface area contributed by atoms with E-state index in [1.54, 1.807) is 11.3 Å². The standard InChI is InChI=1S/C44H24N2OS/c1-2-13-29-28(10-1)24-35(43-39(29)34-18-7-8-19-37(34)47-43)27-12-9-11-25(22-27)26-20-21-38-36(23-26)42-44(48-38)46-41-33-17-6-4-15-31(33)30-14-3-5-16-32(30)40(41)45-42/h1-24H. The highest BCUT2D eigenvalue weighted by Gasteiger charge is 2.18. The predicted molar refractivity (Wildman–Crippen MR) is 203 cm³/mol. The molecule has 0 aliphatic carbocycles. The Morgan fingerprint density at radius 1 is 0.438 bits per heavy atom. The SMILES string of the molecule is c1cc(-c2ccc3sc4nc5c6ccccc6c6ccccc6c5nc4c3c2)cc(-c2cc3ccccc3c3c2oc2ccccc23)c1. The quantitative estimate of drug-likeness (QED) is 0.179. The molecule has 0 saturated heterocycles. The van der Waals surface area contributed by atoms with Crippen molar-refractivity contribution >= 4 is 97.1 Å². The molecule has 0 amide bonds. The Hall–Kier alpha value is -6.10. The van der Waals surface area contributed by atoms with E-state index >= 15 is 0 Å². The van der Waals surface area contributed by atoms with Gasteiger partial charge in [-0.15, -0.1) is 11.3 Å². The summed E-state index contributed by atoms with van der Waals surface area (Å²) < 4.78 is 7.75. The molecule has 0 radical (unpaired) electrons. The average molecular weight is 629 g/mol. The normalized spacial score (nSPS) is 12.2.